The lowest BCUT2D eigenvalue weighted by atomic mass is 9.98. The van der Waals surface area contributed by atoms with Gasteiger partial charge in [-0.25, -0.2) is 22.0 Å². The lowest BCUT2D eigenvalue weighted by Gasteiger charge is -2.35. The molecule has 0 N–H and O–H groups in total. The molecular formula is C14H14F5NO. The van der Waals surface area contributed by atoms with Gasteiger partial charge < -0.3 is 4.90 Å². The Kier molecular flexibility index (Phi) is 4.49. The van der Waals surface area contributed by atoms with Gasteiger partial charge in [0, 0.05) is 12.6 Å². The summed E-state index contributed by atoms with van der Waals surface area (Å²) in [4.78, 5) is 13.4. The summed E-state index contributed by atoms with van der Waals surface area (Å²) in [6.45, 7) is 2.05. The standard InChI is InChI=1S/C14H14F5NO/c1-2-7-5-3-4-6-20(7)14(21)8-9(15)11(17)13(19)12(18)10(8)16/h7H,2-6H2,1H3. The van der Waals surface area contributed by atoms with Gasteiger partial charge in [0.2, 0.25) is 5.82 Å². The van der Waals surface area contributed by atoms with Crippen LogP contribution in [-0.4, -0.2) is 23.4 Å². The van der Waals surface area contributed by atoms with Crippen LogP contribution in [0.2, 0.25) is 0 Å². The predicted octanol–water partition coefficient (Wildman–Crippen LogP) is 3.79. The summed E-state index contributed by atoms with van der Waals surface area (Å²) in [7, 11) is 0. The van der Waals surface area contributed by atoms with Gasteiger partial charge in [-0.15, -0.1) is 0 Å². The Hall–Kier alpha value is -1.66. The lowest BCUT2D eigenvalue weighted by Crippen LogP contribution is -2.44. The molecule has 1 aliphatic rings. The normalized spacial score (nSPS) is 19.0. The van der Waals surface area contributed by atoms with E-state index in [1.807, 2.05) is 0 Å². The number of likely N-dealkylation sites (tertiary alicyclic amines) is 1. The summed E-state index contributed by atoms with van der Waals surface area (Å²) in [6, 6.07) is -0.249. The Morgan fingerprint density at radius 2 is 1.52 bits per heavy atom. The van der Waals surface area contributed by atoms with Crippen LogP contribution >= 0.6 is 0 Å². The van der Waals surface area contributed by atoms with Crippen molar-refractivity contribution in [3.8, 4) is 0 Å². The molecule has 1 aliphatic heterocycles. The molecule has 7 heteroatoms. The molecule has 1 fully saturated rings. The lowest BCUT2D eigenvalue weighted by molar-refractivity contribution is 0.0594. The summed E-state index contributed by atoms with van der Waals surface area (Å²) in [6.07, 6.45) is 2.70. The zero-order valence-corrected chi connectivity index (χ0v) is 11.4. The Balaban J connectivity index is 2.48. The molecule has 0 bridgehead atoms. The van der Waals surface area contributed by atoms with Crippen molar-refractivity contribution in [2.45, 2.75) is 38.6 Å². The van der Waals surface area contributed by atoms with Gasteiger partial charge in [-0.1, -0.05) is 6.92 Å². The third-order valence-corrected chi connectivity index (χ3v) is 3.78. The number of hydrogen-bond donors (Lipinski definition) is 0. The van der Waals surface area contributed by atoms with E-state index in [-0.39, 0.29) is 12.6 Å². The molecule has 0 saturated carbocycles. The molecule has 1 aromatic carbocycles. The van der Waals surface area contributed by atoms with Crippen LogP contribution in [0.5, 0.6) is 0 Å². The van der Waals surface area contributed by atoms with E-state index in [9.17, 15) is 26.7 Å². The number of benzene rings is 1. The average Bonchev–Trinajstić information content (AvgIpc) is 2.51. The van der Waals surface area contributed by atoms with Crippen LogP contribution < -0.4 is 0 Å². The van der Waals surface area contributed by atoms with Crippen molar-refractivity contribution < 1.29 is 26.7 Å². The second-order valence-electron chi connectivity index (χ2n) is 5.00. The first-order valence-electron chi connectivity index (χ1n) is 6.72. The van der Waals surface area contributed by atoms with Gasteiger partial charge in [0.15, 0.2) is 23.3 Å². The van der Waals surface area contributed by atoms with Gasteiger partial charge in [0.25, 0.3) is 5.91 Å². The fraction of sp³-hybridized carbons (Fsp3) is 0.500. The molecule has 2 rings (SSSR count). The molecule has 1 unspecified atom stereocenters. The molecule has 0 aliphatic carbocycles. The van der Waals surface area contributed by atoms with Crippen molar-refractivity contribution in [1.82, 2.24) is 4.90 Å². The zero-order valence-electron chi connectivity index (χ0n) is 11.4. The fourth-order valence-corrected chi connectivity index (χ4v) is 2.63. The number of nitrogens with zero attached hydrogens (tertiary/aromatic N) is 1. The molecule has 21 heavy (non-hydrogen) atoms. The maximum Gasteiger partial charge on any atom is 0.260 e. The average molecular weight is 307 g/mol. The maximum absolute atomic E-state index is 13.7. The highest BCUT2D eigenvalue weighted by Crippen LogP contribution is 2.27. The van der Waals surface area contributed by atoms with Crippen molar-refractivity contribution in [3.05, 3.63) is 34.6 Å². The molecule has 0 aromatic heterocycles. The first kappa shape index (κ1) is 15.7. The molecule has 1 heterocycles. The van der Waals surface area contributed by atoms with Crippen LogP contribution in [0.3, 0.4) is 0 Å². The van der Waals surface area contributed by atoms with Crippen LogP contribution in [0.4, 0.5) is 22.0 Å². The number of carbonyl (C=O) groups excluding carboxylic acids is 1. The Bertz CT molecular complexity index is 546. The van der Waals surface area contributed by atoms with Crippen LogP contribution in [0.1, 0.15) is 43.0 Å². The highest BCUT2D eigenvalue weighted by atomic mass is 19.2. The van der Waals surface area contributed by atoms with Crippen LogP contribution in [0, 0.1) is 29.1 Å². The van der Waals surface area contributed by atoms with Crippen LogP contribution in [-0.2, 0) is 0 Å². The van der Waals surface area contributed by atoms with Crippen LogP contribution in [0.15, 0.2) is 0 Å². The largest absolute Gasteiger partial charge is 0.335 e. The Labute approximate surface area is 118 Å². The summed E-state index contributed by atoms with van der Waals surface area (Å²) < 4.78 is 66.7. The highest BCUT2D eigenvalue weighted by molar-refractivity contribution is 5.95. The van der Waals surface area contributed by atoms with E-state index in [2.05, 4.69) is 0 Å². The number of rotatable bonds is 2. The predicted molar refractivity (Wildman–Crippen MR) is 65.2 cm³/mol. The monoisotopic (exact) mass is 307 g/mol. The van der Waals surface area contributed by atoms with Crippen molar-refractivity contribution in [2.75, 3.05) is 6.54 Å². The summed E-state index contributed by atoms with van der Waals surface area (Å²) in [5.41, 5.74) is -1.37. The van der Waals surface area contributed by atoms with Gasteiger partial charge in [0.05, 0.1) is 0 Å². The van der Waals surface area contributed by atoms with E-state index in [0.29, 0.717) is 19.3 Å². The molecule has 1 atom stereocenters. The van der Waals surface area contributed by atoms with E-state index < -0.39 is 40.6 Å². The minimum atomic E-state index is -2.26. The van der Waals surface area contributed by atoms with Gasteiger partial charge in [0.1, 0.15) is 5.56 Å². The summed E-state index contributed by atoms with van der Waals surface area (Å²) in [5.74, 6) is -11.7. The zero-order chi connectivity index (χ0) is 15.7. The van der Waals surface area contributed by atoms with Crippen molar-refractivity contribution >= 4 is 5.91 Å². The first-order valence-corrected chi connectivity index (χ1v) is 6.72. The fourth-order valence-electron chi connectivity index (χ4n) is 2.63. The molecule has 1 aromatic rings. The number of hydrogen-bond acceptors (Lipinski definition) is 1. The van der Waals surface area contributed by atoms with Gasteiger partial charge in [-0.3, -0.25) is 4.79 Å². The van der Waals surface area contributed by atoms with E-state index in [1.54, 1.807) is 6.92 Å². The summed E-state index contributed by atoms with van der Waals surface area (Å²) in [5, 5.41) is 0. The van der Waals surface area contributed by atoms with Crippen molar-refractivity contribution in [2.24, 2.45) is 0 Å². The second-order valence-corrected chi connectivity index (χ2v) is 5.00. The first-order chi connectivity index (χ1) is 9.90. The number of amides is 1. The van der Waals surface area contributed by atoms with E-state index in [0.717, 1.165) is 6.42 Å². The molecular weight excluding hydrogens is 293 g/mol. The number of halogens is 5. The quantitative estimate of drug-likeness (QED) is 0.462. The van der Waals surface area contributed by atoms with Gasteiger partial charge >= 0.3 is 0 Å². The second kappa shape index (κ2) is 5.99. The summed E-state index contributed by atoms with van der Waals surface area (Å²) >= 11 is 0. The minimum Gasteiger partial charge on any atom is -0.335 e. The highest BCUT2D eigenvalue weighted by Gasteiger charge is 2.34. The molecule has 2 nitrogen and oxygen atoms in total. The van der Waals surface area contributed by atoms with Crippen molar-refractivity contribution in [3.63, 3.8) is 0 Å². The molecule has 0 spiro atoms. The minimum absolute atomic E-state index is 0.247. The molecule has 1 saturated heterocycles. The third kappa shape index (κ3) is 2.61. The Morgan fingerprint density at radius 1 is 1.00 bits per heavy atom. The van der Waals surface area contributed by atoms with Gasteiger partial charge in [-0.2, -0.15) is 0 Å². The number of piperidine rings is 1. The van der Waals surface area contributed by atoms with E-state index in [4.69, 9.17) is 0 Å². The van der Waals surface area contributed by atoms with Crippen molar-refractivity contribution in [1.29, 1.82) is 0 Å². The van der Waals surface area contributed by atoms with Gasteiger partial charge in [-0.05, 0) is 25.7 Å². The topological polar surface area (TPSA) is 20.3 Å². The van der Waals surface area contributed by atoms with Crippen LogP contribution in [0.25, 0.3) is 0 Å². The third-order valence-electron chi connectivity index (χ3n) is 3.78. The van der Waals surface area contributed by atoms with E-state index >= 15 is 0 Å². The maximum atomic E-state index is 13.7. The Morgan fingerprint density at radius 3 is 2.05 bits per heavy atom. The molecule has 1 amide bonds. The molecule has 0 radical (unpaired) electrons. The molecule has 116 valence electrons. The SMILES string of the molecule is CCC1CCCCN1C(=O)c1c(F)c(F)c(F)c(F)c1F. The van der Waals surface area contributed by atoms with E-state index in [1.165, 1.54) is 4.90 Å². The smallest absolute Gasteiger partial charge is 0.260 e. The number of carbonyl (C=O) groups is 1.